The van der Waals surface area contributed by atoms with Crippen molar-refractivity contribution in [3.8, 4) is 0 Å². The normalized spacial score (nSPS) is 14.8. The first-order valence-electron chi connectivity index (χ1n) is 9.87. The van der Waals surface area contributed by atoms with Crippen LogP contribution in [0.4, 0.5) is 16.0 Å². The Morgan fingerprint density at radius 3 is 2.65 bits per heavy atom. The minimum Gasteiger partial charge on any atom is -0.476 e. The Kier molecular flexibility index (Phi) is 5.53. The van der Waals surface area contributed by atoms with Crippen molar-refractivity contribution in [3.05, 3.63) is 56.8 Å². The van der Waals surface area contributed by atoms with Crippen molar-refractivity contribution in [1.29, 1.82) is 0 Å². The van der Waals surface area contributed by atoms with Crippen molar-refractivity contribution in [2.45, 2.75) is 25.8 Å². The van der Waals surface area contributed by atoms with Gasteiger partial charge in [0, 0.05) is 25.7 Å². The number of hydrogen-bond acceptors (Lipinski definition) is 6. The van der Waals surface area contributed by atoms with Crippen LogP contribution >= 0.6 is 11.6 Å². The Hall–Kier alpha value is -3.20. The van der Waals surface area contributed by atoms with Gasteiger partial charge < -0.3 is 15.3 Å². The van der Waals surface area contributed by atoms with Gasteiger partial charge in [0.05, 0.1) is 22.6 Å². The lowest BCUT2D eigenvalue weighted by molar-refractivity contribution is 0.0691. The molecule has 0 radical (unpaired) electrons. The number of halogens is 2. The van der Waals surface area contributed by atoms with Gasteiger partial charge in [-0.2, -0.15) is 0 Å². The highest BCUT2D eigenvalue weighted by molar-refractivity contribution is 6.29. The van der Waals surface area contributed by atoms with E-state index in [0.717, 1.165) is 25.9 Å². The number of carbonyl (C=O) groups is 1. The monoisotopic (exact) mass is 445 g/mol. The summed E-state index contributed by atoms with van der Waals surface area (Å²) in [5, 5.41) is 12.7. The van der Waals surface area contributed by atoms with Crippen LogP contribution in [-0.2, 0) is 7.05 Å². The van der Waals surface area contributed by atoms with Gasteiger partial charge in [0.2, 0.25) is 5.95 Å². The number of aromatic carboxylic acids is 1. The second kappa shape index (κ2) is 8.14. The van der Waals surface area contributed by atoms with Crippen LogP contribution in [0.15, 0.2) is 29.1 Å². The Morgan fingerprint density at radius 1 is 1.26 bits per heavy atom. The minimum atomic E-state index is -1.25. The number of carboxylic acids is 1. The number of rotatable bonds is 5. The number of anilines is 2. The molecule has 3 heterocycles. The van der Waals surface area contributed by atoms with Crippen molar-refractivity contribution in [2.24, 2.45) is 7.05 Å². The van der Waals surface area contributed by atoms with Crippen LogP contribution in [-0.4, -0.2) is 38.7 Å². The molecule has 0 saturated carbocycles. The molecule has 0 unspecified atom stereocenters. The Labute approximate surface area is 182 Å². The molecule has 1 saturated heterocycles. The van der Waals surface area contributed by atoms with E-state index in [4.69, 9.17) is 16.6 Å². The van der Waals surface area contributed by atoms with Crippen LogP contribution in [0.25, 0.3) is 10.9 Å². The van der Waals surface area contributed by atoms with Gasteiger partial charge in [-0.25, -0.2) is 19.2 Å². The van der Waals surface area contributed by atoms with Crippen LogP contribution < -0.4 is 15.8 Å². The summed E-state index contributed by atoms with van der Waals surface area (Å²) >= 11 is 5.82. The quantitative estimate of drug-likeness (QED) is 0.579. The lowest BCUT2D eigenvalue weighted by atomic mass is 10.0. The number of hydrogen-bond donors (Lipinski definition) is 2. The fourth-order valence-corrected chi connectivity index (χ4v) is 4.06. The molecule has 162 valence electrons. The molecule has 31 heavy (non-hydrogen) atoms. The highest BCUT2D eigenvalue weighted by Crippen LogP contribution is 2.29. The number of fused-ring (bicyclic) bond motifs is 1. The molecule has 0 spiro atoms. The van der Waals surface area contributed by atoms with E-state index in [-0.39, 0.29) is 27.5 Å². The molecule has 0 amide bonds. The van der Waals surface area contributed by atoms with Crippen molar-refractivity contribution < 1.29 is 14.3 Å². The third kappa shape index (κ3) is 3.93. The maximum Gasteiger partial charge on any atom is 0.356 e. The standard InChI is InChI=1S/C21H21ClFN5O3/c1-11(24-15-5-6-16(22)25-18(15)20(30)31)13-9-12(23)10-14-17(13)26-21(27(2)19(14)29)28-7-3-4-8-28/h5-6,9-11,24H,3-4,7-8H2,1-2H3,(H,30,31)/t11-/m1/s1. The summed E-state index contributed by atoms with van der Waals surface area (Å²) in [6.45, 7) is 3.34. The van der Waals surface area contributed by atoms with Gasteiger partial charge >= 0.3 is 5.97 Å². The molecule has 8 nitrogen and oxygen atoms in total. The van der Waals surface area contributed by atoms with E-state index < -0.39 is 17.8 Å². The maximum atomic E-state index is 14.4. The summed E-state index contributed by atoms with van der Waals surface area (Å²) in [5.41, 5.74) is 0.468. The van der Waals surface area contributed by atoms with Crippen LogP contribution in [0.2, 0.25) is 5.15 Å². The summed E-state index contributed by atoms with van der Waals surface area (Å²) in [6, 6.07) is 4.89. The summed E-state index contributed by atoms with van der Waals surface area (Å²) in [6.07, 6.45) is 2.04. The van der Waals surface area contributed by atoms with E-state index in [1.807, 2.05) is 4.90 Å². The van der Waals surface area contributed by atoms with Gasteiger partial charge in [0.25, 0.3) is 5.56 Å². The molecular weight excluding hydrogens is 425 g/mol. The summed E-state index contributed by atoms with van der Waals surface area (Å²) in [4.78, 5) is 35.1. The number of nitrogens with zero attached hydrogens (tertiary/aromatic N) is 4. The van der Waals surface area contributed by atoms with Gasteiger partial charge in [-0.15, -0.1) is 0 Å². The molecule has 1 aliphatic rings. The molecule has 1 fully saturated rings. The maximum absolute atomic E-state index is 14.4. The molecular formula is C21H21ClFN5O3. The fraction of sp³-hybridized carbons (Fsp3) is 0.333. The highest BCUT2D eigenvalue weighted by Gasteiger charge is 2.23. The van der Waals surface area contributed by atoms with Gasteiger partial charge in [0.15, 0.2) is 5.69 Å². The number of nitrogens with one attached hydrogen (secondary N) is 1. The smallest absolute Gasteiger partial charge is 0.356 e. The molecule has 2 N–H and O–H groups in total. The zero-order chi connectivity index (χ0) is 22.3. The summed E-state index contributed by atoms with van der Waals surface area (Å²) in [7, 11) is 1.63. The van der Waals surface area contributed by atoms with Crippen molar-refractivity contribution in [2.75, 3.05) is 23.3 Å². The topological polar surface area (TPSA) is 100 Å². The zero-order valence-corrected chi connectivity index (χ0v) is 17.8. The molecule has 2 aromatic heterocycles. The second-order valence-corrected chi connectivity index (χ2v) is 7.95. The van der Waals surface area contributed by atoms with E-state index in [1.54, 1.807) is 14.0 Å². The Morgan fingerprint density at radius 2 is 1.97 bits per heavy atom. The molecule has 1 aliphatic heterocycles. The molecule has 10 heteroatoms. The lowest BCUT2D eigenvalue weighted by Gasteiger charge is -2.22. The fourth-order valence-electron chi connectivity index (χ4n) is 3.91. The van der Waals surface area contributed by atoms with E-state index in [2.05, 4.69) is 10.3 Å². The zero-order valence-electron chi connectivity index (χ0n) is 17.0. The van der Waals surface area contributed by atoms with E-state index in [9.17, 15) is 19.1 Å². The summed E-state index contributed by atoms with van der Waals surface area (Å²) in [5.74, 6) is -1.28. The van der Waals surface area contributed by atoms with E-state index >= 15 is 0 Å². The average molecular weight is 446 g/mol. The van der Waals surface area contributed by atoms with Crippen molar-refractivity contribution in [3.63, 3.8) is 0 Å². The predicted molar refractivity (Wildman–Crippen MR) is 117 cm³/mol. The van der Waals surface area contributed by atoms with E-state index in [0.29, 0.717) is 17.0 Å². The first kappa shape index (κ1) is 21.0. The largest absolute Gasteiger partial charge is 0.476 e. The first-order chi connectivity index (χ1) is 14.8. The number of benzene rings is 1. The number of pyridine rings is 1. The van der Waals surface area contributed by atoms with Crippen LogP contribution in [0.3, 0.4) is 0 Å². The van der Waals surface area contributed by atoms with Crippen LogP contribution in [0.1, 0.15) is 41.9 Å². The average Bonchev–Trinajstić information content (AvgIpc) is 3.26. The van der Waals surface area contributed by atoms with Crippen molar-refractivity contribution in [1.82, 2.24) is 14.5 Å². The molecule has 0 aliphatic carbocycles. The second-order valence-electron chi connectivity index (χ2n) is 7.56. The molecule has 1 atom stereocenters. The lowest BCUT2D eigenvalue weighted by Crippen LogP contribution is -2.30. The van der Waals surface area contributed by atoms with Gasteiger partial charge in [-0.1, -0.05) is 11.6 Å². The SMILES string of the molecule is C[C@@H](Nc1ccc(Cl)nc1C(=O)O)c1cc(F)cc2c(=O)n(C)c(N3CCCC3)nc12. The van der Waals surface area contributed by atoms with Gasteiger partial charge in [-0.3, -0.25) is 9.36 Å². The molecule has 4 rings (SSSR count). The minimum absolute atomic E-state index is 0.0484. The summed E-state index contributed by atoms with van der Waals surface area (Å²) < 4.78 is 15.9. The van der Waals surface area contributed by atoms with Crippen LogP contribution in [0.5, 0.6) is 0 Å². The highest BCUT2D eigenvalue weighted by atomic mass is 35.5. The Bertz CT molecular complexity index is 1240. The third-order valence-electron chi connectivity index (χ3n) is 5.44. The predicted octanol–water partition coefficient (Wildman–Crippen LogP) is 3.59. The van der Waals surface area contributed by atoms with Gasteiger partial charge in [0.1, 0.15) is 11.0 Å². The van der Waals surface area contributed by atoms with E-state index in [1.165, 1.54) is 28.8 Å². The number of carboxylic acid groups (broad SMARTS) is 1. The molecule has 3 aromatic rings. The number of aromatic nitrogens is 3. The Balaban J connectivity index is 1.83. The van der Waals surface area contributed by atoms with Crippen molar-refractivity contribution >= 4 is 40.1 Å². The van der Waals surface area contributed by atoms with Gasteiger partial charge in [-0.05, 0) is 44.0 Å². The van der Waals surface area contributed by atoms with Crippen LogP contribution in [0, 0.1) is 5.82 Å². The molecule has 0 bridgehead atoms. The first-order valence-corrected chi connectivity index (χ1v) is 10.3. The third-order valence-corrected chi connectivity index (χ3v) is 5.65. The molecule has 1 aromatic carbocycles.